The highest BCUT2D eigenvalue weighted by Gasteiger charge is 2.16. The molecule has 1 radical (unpaired) electrons. The Bertz CT molecular complexity index is 269. The van der Waals surface area contributed by atoms with Crippen molar-refractivity contribution in [2.75, 3.05) is 6.54 Å². The molecule has 0 rings (SSSR count). The van der Waals surface area contributed by atoms with Crippen LogP contribution in [0.4, 0.5) is 0 Å². The summed E-state index contributed by atoms with van der Waals surface area (Å²) in [6.07, 6.45) is 3.30. The van der Waals surface area contributed by atoms with E-state index in [4.69, 9.17) is 16.9 Å². The average molecular weight is 242 g/mol. The normalized spacial score (nSPS) is 13.5. The fraction of sp³-hybridized carbons (Fsp3) is 0.700. The fourth-order valence-corrected chi connectivity index (χ4v) is 1.15. The molecule has 7 N–H and O–H groups in total. The van der Waals surface area contributed by atoms with Gasteiger partial charge in [-0.25, -0.2) is 0 Å². The van der Waals surface area contributed by atoms with E-state index in [-0.39, 0.29) is 11.9 Å². The van der Waals surface area contributed by atoms with E-state index < -0.39 is 12.1 Å². The SMILES string of the molecule is CCC(N)C(=O)N[C@H]([C]=O)CCCNC(=N)N. The molecule has 7 nitrogen and oxygen atoms in total. The molecule has 0 saturated heterocycles. The molecule has 0 heterocycles. The summed E-state index contributed by atoms with van der Waals surface area (Å²) < 4.78 is 0. The maximum absolute atomic E-state index is 11.4. The molecule has 0 aromatic carbocycles. The van der Waals surface area contributed by atoms with Gasteiger partial charge in [0.05, 0.1) is 12.1 Å². The van der Waals surface area contributed by atoms with Crippen LogP contribution in [0.2, 0.25) is 0 Å². The Balaban J connectivity index is 3.87. The molecule has 0 spiro atoms. The van der Waals surface area contributed by atoms with Gasteiger partial charge in [-0.1, -0.05) is 6.92 Å². The highest BCUT2D eigenvalue weighted by Crippen LogP contribution is 1.95. The first-order valence-corrected chi connectivity index (χ1v) is 5.52. The minimum Gasteiger partial charge on any atom is -0.370 e. The molecular formula is C10H20N5O2. The van der Waals surface area contributed by atoms with E-state index in [0.29, 0.717) is 25.8 Å². The maximum atomic E-state index is 11.4. The van der Waals surface area contributed by atoms with E-state index in [2.05, 4.69) is 10.6 Å². The Labute approximate surface area is 101 Å². The highest BCUT2D eigenvalue weighted by atomic mass is 16.2. The van der Waals surface area contributed by atoms with Crippen molar-refractivity contribution in [2.45, 2.75) is 38.3 Å². The van der Waals surface area contributed by atoms with Crippen molar-refractivity contribution in [3.8, 4) is 0 Å². The Hall–Kier alpha value is -1.63. The molecule has 1 unspecified atom stereocenters. The van der Waals surface area contributed by atoms with Gasteiger partial charge in [0.25, 0.3) is 0 Å². The third-order valence-corrected chi connectivity index (χ3v) is 2.22. The van der Waals surface area contributed by atoms with Gasteiger partial charge in [0.1, 0.15) is 0 Å². The van der Waals surface area contributed by atoms with Crippen LogP contribution in [-0.4, -0.2) is 36.8 Å². The summed E-state index contributed by atoms with van der Waals surface area (Å²) in [5.74, 6) is -0.464. The second-order valence-electron chi connectivity index (χ2n) is 3.68. The fourth-order valence-electron chi connectivity index (χ4n) is 1.15. The van der Waals surface area contributed by atoms with Crippen LogP contribution < -0.4 is 22.1 Å². The number of carbonyl (C=O) groups is 1. The number of nitrogens with two attached hydrogens (primary N) is 2. The van der Waals surface area contributed by atoms with Crippen molar-refractivity contribution < 1.29 is 9.59 Å². The van der Waals surface area contributed by atoms with Crippen LogP contribution in [0, 0.1) is 5.41 Å². The van der Waals surface area contributed by atoms with E-state index in [9.17, 15) is 9.59 Å². The van der Waals surface area contributed by atoms with E-state index in [1.165, 1.54) is 0 Å². The first-order chi connectivity index (χ1) is 8.01. The third-order valence-electron chi connectivity index (χ3n) is 2.22. The van der Waals surface area contributed by atoms with E-state index in [1.54, 1.807) is 13.2 Å². The molecule has 17 heavy (non-hydrogen) atoms. The monoisotopic (exact) mass is 242 g/mol. The summed E-state index contributed by atoms with van der Waals surface area (Å²) in [5, 5.41) is 12.0. The summed E-state index contributed by atoms with van der Waals surface area (Å²) in [4.78, 5) is 22.0. The summed E-state index contributed by atoms with van der Waals surface area (Å²) >= 11 is 0. The van der Waals surface area contributed by atoms with Crippen LogP contribution in [-0.2, 0) is 9.59 Å². The molecule has 0 aromatic heterocycles. The Morgan fingerprint density at radius 3 is 2.65 bits per heavy atom. The zero-order valence-electron chi connectivity index (χ0n) is 9.95. The van der Waals surface area contributed by atoms with Gasteiger partial charge in [-0.2, -0.15) is 0 Å². The van der Waals surface area contributed by atoms with Crippen LogP contribution in [0.3, 0.4) is 0 Å². The van der Waals surface area contributed by atoms with Crippen LogP contribution in [0.25, 0.3) is 0 Å². The second-order valence-corrected chi connectivity index (χ2v) is 3.68. The zero-order valence-corrected chi connectivity index (χ0v) is 9.95. The number of carbonyl (C=O) groups excluding carboxylic acids is 2. The summed E-state index contributed by atoms with van der Waals surface area (Å²) in [5.41, 5.74) is 10.6. The van der Waals surface area contributed by atoms with Crippen molar-refractivity contribution in [2.24, 2.45) is 11.5 Å². The molecule has 1 amide bonds. The molecule has 0 saturated carbocycles. The van der Waals surface area contributed by atoms with Crippen molar-refractivity contribution >= 4 is 18.2 Å². The lowest BCUT2D eigenvalue weighted by atomic mass is 10.1. The van der Waals surface area contributed by atoms with E-state index in [1.807, 2.05) is 0 Å². The lowest BCUT2D eigenvalue weighted by Crippen LogP contribution is -2.46. The van der Waals surface area contributed by atoms with Gasteiger partial charge in [-0.05, 0) is 19.3 Å². The molecule has 0 aliphatic carbocycles. The first-order valence-electron chi connectivity index (χ1n) is 5.52. The van der Waals surface area contributed by atoms with Crippen molar-refractivity contribution in [1.29, 1.82) is 5.41 Å². The van der Waals surface area contributed by atoms with Gasteiger partial charge >= 0.3 is 0 Å². The number of nitrogens with one attached hydrogen (secondary N) is 3. The Kier molecular flexibility index (Phi) is 7.70. The van der Waals surface area contributed by atoms with Gasteiger partial charge in [0.15, 0.2) is 5.96 Å². The number of guanidine groups is 1. The zero-order chi connectivity index (χ0) is 13.3. The van der Waals surface area contributed by atoms with Gasteiger partial charge in [0.2, 0.25) is 12.2 Å². The molecule has 97 valence electrons. The lowest BCUT2D eigenvalue weighted by molar-refractivity contribution is -0.122. The summed E-state index contributed by atoms with van der Waals surface area (Å²) in [6.45, 7) is 2.27. The molecule has 7 heteroatoms. The number of rotatable bonds is 8. The maximum Gasteiger partial charge on any atom is 0.237 e. The summed E-state index contributed by atoms with van der Waals surface area (Å²) in [6, 6.07) is -1.25. The molecule has 0 bridgehead atoms. The van der Waals surface area contributed by atoms with Crippen LogP contribution in [0.5, 0.6) is 0 Å². The van der Waals surface area contributed by atoms with E-state index in [0.717, 1.165) is 0 Å². The van der Waals surface area contributed by atoms with Gasteiger partial charge < -0.3 is 22.1 Å². The van der Waals surface area contributed by atoms with Crippen LogP contribution in [0.1, 0.15) is 26.2 Å². The molecular weight excluding hydrogens is 222 g/mol. The second kappa shape index (κ2) is 8.51. The topological polar surface area (TPSA) is 134 Å². The standard InChI is InChI=1S/C10H20N5O2/c1-2-8(11)9(17)15-7(6-16)4-3-5-14-10(12)13/h7-8H,2-5,11H2,1H3,(H,15,17)(H4,12,13,14)/t7-,8?/m0/s1. The van der Waals surface area contributed by atoms with Crippen LogP contribution >= 0.6 is 0 Å². The van der Waals surface area contributed by atoms with E-state index >= 15 is 0 Å². The molecule has 2 atom stereocenters. The lowest BCUT2D eigenvalue weighted by Gasteiger charge is -2.15. The van der Waals surface area contributed by atoms with Crippen molar-refractivity contribution in [3.63, 3.8) is 0 Å². The van der Waals surface area contributed by atoms with Gasteiger partial charge in [-0.3, -0.25) is 15.0 Å². The molecule has 0 aliphatic rings. The quantitative estimate of drug-likeness (QED) is 0.202. The number of amides is 1. The van der Waals surface area contributed by atoms with Crippen molar-refractivity contribution in [1.82, 2.24) is 10.6 Å². The van der Waals surface area contributed by atoms with Crippen molar-refractivity contribution in [3.05, 3.63) is 0 Å². The highest BCUT2D eigenvalue weighted by molar-refractivity contribution is 5.84. The first kappa shape index (κ1) is 15.4. The predicted molar refractivity (Wildman–Crippen MR) is 65.0 cm³/mol. The largest absolute Gasteiger partial charge is 0.370 e. The third kappa shape index (κ3) is 7.29. The number of hydrogen-bond acceptors (Lipinski definition) is 4. The predicted octanol–water partition coefficient (Wildman–Crippen LogP) is -1.42. The minimum absolute atomic E-state index is 0.117. The summed E-state index contributed by atoms with van der Waals surface area (Å²) in [7, 11) is 0. The Morgan fingerprint density at radius 1 is 1.53 bits per heavy atom. The minimum atomic E-state index is -0.658. The Morgan fingerprint density at radius 2 is 2.18 bits per heavy atom. The molecule has 0 aromatic rings. The van der Waals surface area contributed by atoms with Gasteiger partial charge in [-0.15, -0.1) is 0 Å². The molecule has 0 fully saturated rings. The molecule has 0 aliphatic heterocycles. The van der Waals surface area contributed by atoms with Gasteiger partial charge in [0, 0.05) is 6.54 Å². The average Bonchev–Trinajstić information content (AvgIpc) is 2.31. The number of hydrogen-bond donors (Lipinski definition) is 5. The van der Waals surface area contributed by atoms with Crippen LogP contribution in [0.15, 0.2) is 0 Å². The smallest absolute Gasteiger partial charge is 0.237 e.